The Kier molecular flexibility index (Phi) is 5.65. The van der Waals surface area contributed by atoms with Crippen LogP contribution in [0, 0.1) is 0 Å². The number of nitrogens with zero attached hydrogens (tertiary/aromatic N) is 2. The summed E-state index contributed by atoms with van der Waals surface area (Å²) in [6, 6.07) is 14.1. The Morgan fingerprint density at radius 3 is 2.79 bits per heavy atom. The molecule has 2 aromatic carbocycles. The summed E-state index contributed by atoms with van der Waals surface area (Å²) >= 11 is 5.90. The van der Waals surface area contributed by atoms with Gasteiger partial charge in [-0.1, -0.05) is 18.2 Å². The predicted octanol–water partition coefficient (Wildman–Crippen LogP) is 4.23. The molecule has 1 atom stereocenters. The molecule has 6 rings (SSSR count). The van der Waals surface area contributed by atoms with Gasteiger partial charge in [0, 0.05) is 35.7 Å². The number of rotatable bonds is 5. The van der Waals surface area contributed by atoms with Crippen LogP contribution in [-0.4, -0.2) is 50.9 Å². The minimum absolute atomic E-state index is 0.110. The average molecular weight is 555 g/mol. The number of hydrogen-bond acceptors (Lipinski definition) is 7. The highest BCUT2D eigenvalue weighted by atomic mass is 35.5. The second kappa shape index (κ2) is 8.81. The van der Waals surface area contributed by atoms with Gasteiger partial charge in [-0.15, -0.1) is 11.6 Å². The van der Waals surface area contributed by atoms with E-state index in [9.17, 15) is 18.0 Å². The summed E-state index contributed by atoms with van der Waals surface area (Å²) in [7, 11) is -1.19. The zero-order valence-corrected chi connectivity index (χ0v) is 22.0. The number of aromatic nitrogens is 1. The maximum atomic E-state index is 13.6. The second-order valence-electron chi connectivity index (χ2n) is 9.18. The zero-order valence-electron chi connectivity index (χ0n) is 20.4. The Hall–Kier alpha value is -3.96. The van der Waals surface area contributed by atoms with Gasteiger partial charge in [0.1, 0.15) is 6.17 Å². The number of benzene rings is 2. The first-order valence-corrected chi connectivity index (χ1v) is 13.8. The van der Waals surface area contributed by atoms with E-state index in [-0.39, 0.29) is 35.0 Å². The second-order valence-corrected chi connectivity index (χ2v) is 11.0. The van der Waals surface area contributed by atoms with Crippen molar-refractivity contribution >= 4 is 55.8 Å². The van der Waals surface area contributed by atoms with Crippen molar-refractivity contribution in [1.29, 1.82) is 0 Å². The Balaban J connectivity index is 1.35. The highest BCUT2D eigenvalue weighted by molar-refractivity contribution is 7.92. The lowest BCUT2D eigenvalue weighted by Crippen LogP contribution is -2.51. The van der Waals surface area contributed by atoms with E-state index in [0.717, 1.165) is 23.7 Å². The molecule has 4 aromatic rings. The topological polar surface area (TPSA) is 125 Å². The van der Waals surface area contributed by atoms with E-state index in [4.69, 9.17) is 16.0 Å². The number of hydrogen-bond donors (Lipinski definition) is 2. The highest BCUT2D eigenvalue weighted by Gasteiger charge is 2.41. The molecule has 0 saturated carbocycles. The first-order chi connectivity index (χ1) is 18.2. The number of fused-ring (bicyclic) bond motifs is 6. The van der Waals surface area contributed by atoms with Gasteiger partial charge < -0.3 is 23.9 Å². The fraction of sp³-hybridized carbons (Fsp3) is 0.231. The van der Waals surface area contributed by atoms with Crippen molar-refractivity contribution in [3.05, 3.63) is 76.7 Å². The molecule has 0 saturated heterocycles. The van der Waals surface area contributed by atoms with Crippen molar-refractivity contribution in [1.82, 2.24) is 9.88 Å². The van der Waals surface area contributed by atoms with Gasteiger partial charge in [-0.05, 0) is 42.3 Å². The summed E-state index contributed by atoms with van der Waals surface area (Å²) < 4.78 is 38.6. The minimum Gasteiger partial charge on any atom is -0.463 e. The molecule has 196 valence electrons. The van der Waals surface area contributed by atoms with Crippen molar-refractivity contribution in [2.75, 3.05) is 30.3 Å². The molecule has 2 N–H and O–H groups in total. The molecule has 0 bridgehead atoms. The van der Waals surface area contributed by atoms with Crippen LogP contribution in [0.2, 0.25) is 0 Å². The maximum absolute atomic E-state index is 13.6. The molecule has 0 radical (unpaired) electrons. The van der Waals surface area contributed by atoms with E-state index in [1.807, 2.05) is 30.1 Å². The first-order valence-electron chi connectivity index (χ1n) is 11.8. The van der Waals surface area contributed by atoms with Gasteiger partial charge in [0.2, 0.25) is 10.9 Å². The number of carbonyl (C=O) groups excluding carboxylic acids is 2. The summed E-state index contributed by atoms with van der Waals surface area (Å²) in [5.41, 5.74) is 4.54. The first kappa shape index (κ1) is 24.4. The molecule has 38 heavy (non-hydrogen) atoms. The third-order valence-corrected chi connectivity index (χ3v) is 8.66. The molecule has 4 heterocycles. The molecule has 0 spiro atoms. The van der Waals surface area contributed by atoms with Crippen LogP contribution in [0.3, 0.4) is 0 Å². The Morgan fingerprint density at radius 1 is 1.24 bits per heavy atom. The summed E-state index contributed by atoms with van der Waals surface area (Å²) in [6.07, 6.45) is 0.402. The molecule has 10 nitrogen and oxygen atoms in total. The molecular weight excluding hydrogens is 532 g/mol. The van der Waals surface area contributed by atoms with E-state index < -0.39 is 21.1 Å². The maximum Gasteiger partial charge on any atom is 0.374 e. The average Bonchev–Trinajstić information content (AvgIpc) is 3.53. The molecular formula is C26H23ClN4O6S. The molecule has 2 aliphatic heterocycles. The molecule has 1 amide bonds. The quantitative estimate of drug-likeness (QED) is 0.279. The summed E-state index contributed by atoms with van der Waals surface area (Å²) in [4.78, 5) is 32.8. The highest BCUT2D eigenvalue weighted by Crippen LogP contribution is 2.43. The van der Waals surface area contributed by atoms with Crippen LogP contribution < -0.4 is 9.62 Å². The number of sulfonamides is 1. The van der Waals surface area contributed by atoms with Gasteiger partial charge in [-0.25, -0.2) is 4.79 Å². The molecule has 2 aliphatic rings. The number of halogens is 1. The number of aromatic amines is 1. The van der Waals surface area contributed by atoms with Gasteiger partial charge in [-0.3, -0.25) is 9.52 Å². The van der Waals surface area contributed by atoms with Crippen LogP contribution in [0.25, 0.3) is 10.9 Å². The molecule has 0 fully saturated rings. The van der Waals surface area contributed by atoms with E-state index in [2.05, 4.69) is 20.5 Å². The van der Waals surface area contributed by atoms with Crippen molar-refractivity contribution < 1.29 is 27.2 Å². The summed E-state index contributed by atoms with van der Waals surface area (Å²) in [5.74, 6) is -1.50. The van der Waals surface area contributed by atoms with Crippen LogP contribution in [0.5, 0.6) is 0 Å². The number of methoxy groups -OCH3 is 1. The number of carbonyl (C=O) groups is 2. The van der Waals surface area contributed by atoms with E-state index in [1.54, 1.807) is 17.0 Å². The molecule has 2 aromatic heterocycles. The predicted molar refractivity (Wildman–Crippen MR) is 141 cm³/mol. The lowest BCUT2D eigenvalue weighted by atomic mass is 9.96. The monoisotopic (exact) mass is 554 g/mol. The minimum atomic E-state index is -4.27. The molecule has 12 heteroatoms. The summed E-state index contributed by atoms with van der Waals surface area (Å²) in [6.45, 7) is 0.528. The largest absolute Gasteiger partial charge is 0.463 e. The van der Waals surface area contributed by atoms with Crippen LogP contribution in [0.1, 0.15) is 43.9 Å². The van der Waals surface area contributed by atoms with Crippen LogP contribution >= 0.6 is 11.6 Å². The SMILES string of the molecule is COC(=O)c1cc(CCl)c(S(=O)(=O)Nc2ccc3c(c2)C(=O)N2CCc4c([nH]c5ccccc45)C2N3C)o1. The van der Waals surface area contributed by atoms with Crippen LogP contribution in [0.15, 0.2) is 58.0 Å². The number of ether oxygens (including phenoxy) is 1. The standard InChI is InChI=1S/C26H23ClN4O6S/c1-30-20-8-7-15(29-38(34,35)26-14(13-27)11-21(37-26)25(33)36-2)12-18(20)24(32)31-10-9-17-16-5-3-4-6-19(16)28-22(17)23(30)31/h3-8,11-12,23,28-29H,9-10,13H2,1-2H3. The van der Waals surface area contributed by atoms with Crippen LogP contribution in [-0.2, 0) is 27.1 Å². The van der Waals surface area contributed by atoms with Gasteiger partial charge in [-0.2, -0.15) is 8.42 Å². The smallest absolute Gasteiger partial charge is 0.374 e. The zero-order chi connectivity index (χ0) is 26.8. The number of anilines is 2. The van der Waals surface area contributed by atoms with Gasteiger partial charge in [0.05, 0.1) is 29.9 Å². The fourth-order valence-electron chi connectivity index (χ4n) is 5.34. The Morgan fingerprint density at radius 2 is 2.03 bits per heavy atom. The van der Waals surface area contributed by atoms with Crippen molar-refractivity contribution in [2.24, 2.45) is 0 Å². The van der Waals surface area contributed by atoms with Crippen molar-refractivity contribution in [2.45, 2.75) is 23.6 Å². The fourth-order valence-corrected chi connectivity index (χ4v) is 6.82. The third kappa shape index (κ3) is 3.64. The number of amides is 1. The van der Waals surface area contributed by atoms with E-state index in [1.165, 1.54) is 17.7 Å². The van der Waals surface area contributed by atoms with Crippen molar-refractivity contribution in [3.8, 4) is 0 Å². The van der Waals surface area contributed by atoms with Crippen molar-refractivity contribution in [3.63, 3.8) is 0 Å². The summed E-state index contributed by atoms with van der Waals surface area (Å²) in [5, 5.41) is 0.666. The lowest BCUT2D eigenvalue weighted by molar-refractivity contribution is 0.0558. The normalized spacial score (nSPS) is 16.7. The molecule has 0 aliphatic carbocycles. The number of furan rings is 1. The number of para-hydroxylation sites is 1. The number of esters is 1. The van der Waals surface area contributed by atoms with E-state index in [0.29, 0.717) is 24.2 Å². The number of H-pyrrole nitrogens is 1. The van der Waals surface area contributed by atoms with Gasteiger partial charge in [0.15, 0.2) is 0 Å². The number of alkyl halides is 1. The van der Waals surface area contributed by atoms with E-state index >= 15 is 0 Å². The third-order valence-electron chi connectivity index (χ3n) is 7.03. The Labute approximate surface area is 223 Å². The molecule has 1 unspecified atom stereocenters. The Bertz CT molecular complexity index is 1730. The lowest BCUT2D eigenvalue weighted by Gasteiger charge is -2.46. The van der Waals surface area contributed by atoms with Gasteiger partial charge in [0.25, 0.3) is 15.9 Å². The van der Waals surface area contributed by atoms with Crippen LogP contribution in [0.4, 0.5) is 11.4 Å². The number of nitrogens with one attached hydrogen (secondary N) is 2. The van der Waals surface area contributed by atoms with Gasteiger partial charge >= 0.3 is 5.97 Å².